The molecule has 0 N–H and O–H groups in total. The zero-order valence-electron chi connectivity index (χ0n) is 10.2. The van der Waals surface area contributed by atoms with Crippen molar-refractivity contribution in [3.8, 4) is 0 Å². The Morgan fingerprint density at radius 3 is 2.74 bits per heavy atom. The number of carbonyl (C=O) groups is 1. The molecule has 0 spiro atoms. The second-order valence-electron chi connectivity index (χ2n) is 4.19. The van der Waals surface area contributed by atoms with E-state index in [4.69, 9.17) is 0 Å². The monoisotopic (exact) mass is 272 g/mol. The van der Waals surface area contributed by atoms with Gasteiger partial charge in [0.15, 0.2) is 0 Å². The Kier molecular flexibility index (Phi) is 3.13. The molecule has 1 amide bonds. The molecule has 1 aromatic heterocycles. The molecule has 19 heavy (non-hydrogen) atoms. The van der Waals surface area contributed by atoms with Crippen molar-refractivity contribution < 1.29 is 9.00 Å². The van der Waals surface area contributed by atoms with Gasteiger partial charge in [0, 0.05) is 18.5 Å². The SMILES string of the molecule is O=C(c1ccccn1)N1CCS(=O)c2ccccc21. The zero-order chi connectivity index (χ0) is 13.2. The highest BCUT2D eigenvalue weighted by Crippen LogP contribution is 2.28. The number of anilines is 1. The minimum absolute atomic E-state index is 0.148. The lowest BCUT2D eigenvalue weighted by molar-refractivity contribution is 0.0983. The quantitative estimate of drug-likeness (QED) is 0.796. The van der Waals surface area contributed by atoms with Crippen LogP contribution in [0, 0.1) is 0 Å². The topological polar surface area (TPSA) is 50.3 Å². The van der Waals surface area contributed by atoms with Gasteiger partial charge in [-0.1, -0.05) is 18.2 Å². The van der Waals surface area contributed by atoms with Crippen molar-refractivity contribution in [2.75, 3.05) is 17.2 Å². The maximum atomic E-state index is 12.4. The molecule has 0 bridgehead atoms. The fourth-order valence-corrected chi connectivity index (χ4v) is 3.33. The second kappa shape index (κ2) is 4.93. The molecular weight excluding hydrogens is 260 g/mol. The van der Waals surface area contributed by atoms with Gasteiger partial charge in [-0.05, 0) is 24.3 Å². The summed E-state index contributed by atoms with van der Waals surface area (Å²) < 4.78 is 11.9. The second-order valence-corrected chi connectivity index (χ2v) is 5.73. The number of carbonyl (C=O) groups excluding carboxylic acids is 1. The number of hydrogen-bond acceptors (Lipinski definition) is 3. The third kappa shape index (κ3) is 2.17. The fraction of sp³-hybridized carbons (Fsp3) is 0.143. The number of amides is 1. The predicted octanol–water partition coefficient (Wildman–Crippen LogP) is 1.85. The number of nitrogens with zero attached hydrogens (tertiary/aromatic N) is 2. The molecule has 3 rings (SSSR count). The Hall–Kier alpha value is -2.01. The van der Waals surface area contributed by atoms with Crippen LogP contribution in [0.15, 0.2) is 53.6 Å². The molecule has 2 heterocycles. The van der Waals surface area contributed by atoms with Crippen LogP contribution in [0.2, 0.25) is 0 Å². The lowest BCUT2D eigenvalue weighted by Gasteiger charge is -2.28. The van der Waals surface area contributed by atoms with E-state index in [-0.39, 0.29) is 5.91 Å². The van der Waals surface area contributed by atoms with E-state index in [1.54, 1.807) is 29.3 Å². The van der Waals surface area contributed by atoms with Crippen molar-refractivity contribution in [3.63, 3.8) is 0 Å². The summed E-state index contributed by atoms with van der Waals surface area (Å²) in [5, 5.41) is 0. The molecule has 5 heteroatoms. The van der Waals surface area contributed by atoms with E-state index in [0.717, 1.165) is 10.6 Å². The summed E-state index contributed by atoms with van der Waals surface area (Å²) in [5.74, 6) is 0.319. The average molecular weight is 272 g/mol. The number of fused-ring (bicyclic) bond motifs is 1. The maximum Gasteiger partial charge on any atom is 0.276 e. The first-order chi connectivity index (χ1) is 9.27. The highest BCUT2D eigenvalue weighted by molar-refractivity contribution is 7.85. The first-order valence-electron chi connectivity index (χ1n) is 5.97. The van der Waals surface area contributed by atoms with E-state index in [2.05, 4.69) is 4.98 Å². The van der Waals surface area contributed by atoms with Crippen molar-refractivity contribution in [2.45, 2.75) is 4.90 Å². The highest BCUT2D eigenvalue weighted by Gasteiger charge is 2.27. The van der Waals surface area contributed by atoms with Gasteiger partial charge >= 0.3 is 0 Å². The van der Waals surface area contributed by atoms with E-state index in [1.165, 1.54) is 0 Å². The molecule has 0 aliphatic carbocycles. The molecule has 96 valence electrons. The molecule has 1 unspecified atom stereocenters. The fourth-order valence-electron chi connectivity index (χ4n) is 2.12. The molecule has 0 fully saturated rings. The predicted molar refractivity (Wildman–Crippen MR) is 73.6 cm³/mol. The van der Waals surface area contributed by atoms with Crippen LogP contribution in [-0.4, -0.2) is 27.4 Å². The van der Waals surface area contributed by atoms with Gasteiger partial charge in [0.25, 0.3) is 5.91 Å². The highest BCUT2D eigenvalue weighted by atomic mass is 32.2. The summed E-state index contributed by atoms with van der Waals surface area (Å²) in [6.07, 6.45) is 1.60. The van der Waals surface area contributed by atoms with E-state index in [1.807, 2.05) is 24.3 Å². The largest absolute Gasteiger partial charge is 0.305 e. The van der Waals surface area contributed by atoms with E-state index in [9.17, 15) is 9.00 Å². The minimum Gasteiger partial charge on any atom is -0.305 e. The van der Waals surface area contributed by atoms with Crippen LogP contribution >= 0.6 is 0 Å². The van der Waals surface area contributed by atoms with Gasteiger partial charge in [-0.25, -0.2) is 0 Å². The number of benzene rings is 1. The Morgan fingerprint density at radius 1 is 1.16 bits per heavy atom. The van der Waals surface area contributed by atoms with Crippen LogP contribution in [0.1, 0.15) is 10.5 Å². The van der Waals surface area contributed by atoms with Crippen molar-refractivity contribution >= 4 is 22.4 Å². The third-order valence-corrected chi connectivity index (χ3v) is 4.42. The van der Waals surface area contributed by atoms with Crippen LogP contribution in [0.4, 0.5) is 5.69 Å². The van der Waals surface area contributed by atoms with Crippen molar-refractivity contribution in [3.05, 3.63) is 54.4 Å². The Morgan fingerprint density at radius 2 is 1.95 bits per heavy atom. The first kappa shape index (κ1) is 12.0. The number of hydrogen-bond donors (Lipinski definition) is 0. The number of pyridine rings is 1. The lowest BCUT2D eigenvalue weighted by Crippen LogP contribution is -2.38. The van der Waals surface area contributed by atoms with Crippen molar-refractivity contribution in [1.29, 1.82) is 0 Å². The Labute approximate surface area is 113 Å². The van der Waals surface area contributed by atoms with Gasteiger partial charge < -0.3 is 4.90 Å². The standard InChI is InChI=1S/C14H12N2O2S/c17-14(11-5-3-4-8-15-11)16-9-10-19(18)13-7-2-1-6-12(13)16/h1-8H,9-10H2. The Balaban J connectivity index is 2.02. The van der Waals surface area contributed by atoms with Gasteiger partial charge in [-0.15, -0.1) is 0 Å². The van der Waals surface area contributed by atoms with Crippen molar-refractivity contribution in [1.82, 2.24) is 4.98 Å². The molecule has 4 nitrogen and oxygen atoms in total. The summed E-state index contributed by atoms with van der Waals surface area (Å²) in [4.78, 5) is 18.9. The summed E-state index contributed by atoms with van der Waals surface area (Å²) in [5.41, 5.74) is 1.13. The van der Waals surface area contributed by atoms with Gasteiger partial charge in [-0.2, -0.15) is 0 Å². The van der Waals surface area contributed by atoms with Crippen LogP contribution in [0.5, 0.6) is 0 Å². The smallest absolute Gasteiger partial charge is 0.276 e. The summed E-state index contributed by atoms with van der Waals surface area (Å²) >= 11 is 0. The minimum atomic E-state index is -1.02. The number of rotatable bonds is 1. The first-order valence-corrected chi connectivity index (χ1v) is 7.29. The molecule has 0 saturated carbocycles. The van der Waals surface area contributed by atoms with Crippen LogP contribution in [0.3, 0.4) is 0 Å². The van der Waals surface area contributed by atoms with E-state index >= 15 is 0 Å². The molecule has 2 aromatic rings. The van der Waals surface area contributed by atoms with Crippen LogP contribution in [0.25, 0.3) is 0 Å². The number of aromatic nitrogens is 1. The van der Waals surface area contributed by atoms with Gasteiger partial charge in [0.1, 0.15) is 5.69 Å². The number of para-hydroxylation sites is 1. The van der Waals surface area contributed by atoms with E-state index < -0.39 is 10.8 Å². The maximum absolute atomic E-state index is 12.4. The normalized spacial score (nSPS) is 17.9. The van der Waals surface area contributed by atoms with Crippen LogP contribution in [-0.2, 0) is 10.8 Å². The zero-order valence-corrected chi connectivity index (χ0v) is 11.0. The summed E-state index contributed by atoms with van der Waals surface area (Å²) in [7, 11) is -1.02. The van der Waals surface area contributed by atoms with Gasteiger partial charge in [0.05, 0.1) is 21.4 Å². The molecule has 1 aliphatic heterocycles. The van der Waals surface area contributed by atoms with E-state index in [0.29, 0.717) is 18.0 Å². The molecule has 1 aliphatic rings. The van der Waals surface area contributed by atoms with Crippen molar-refractivity contribution in [2.24, 2.45) is 0 Å². The Bertz CT molecular complexity index is 643. The third-order valence-electron chi connectivity index (χ3n) is 3.03. The molecule has 0 radical (unpaired) electrons. The molecule has 1 atom stereocenters. The summed E-state index contributed by atoms with van der Waals surface area (Å²) in [6, 6.07) is 12.6. The lowest BCUT2D eigenvalue weighted by atomic mass is 10.2. The average Bonchev–Trinajstić information content (AvgIpc) is 2.48. The van der Waals surface area contributed by atoms with Gasteiger partial charge in [-0.3, -0.25) is 14.0 Å². The molecule has 1 aromatic carbocycles. The molecule has 0 saturated heterocycles. The van der Waals surface area contributed by atoms with Crippen LogP contribution < -0.4 is 4.90 Å². The molecular formula is C14H12N2O2S. The van der Waals surface area contributed by atoms with Gasteiger partial charge in [0.2, 0.25) is 0 Å². The summed E-state index contributed by atoms with van der Waals surface area (Å²) in [6.45, 7) is 0.457.